The highest BCUT2D eigenvalue weighted by Crippen LogP contribution is 2.25. The minimum Gasteiger partial charge on any atom is -0.379 e. The number of carbonyl (C=O) groups excluding carboxylic acids is 1. The molecule has 136 valence electrons. The number of benzene rings is 1. The summed E-state index contributed by atoms with van der Waals surface area (Å²) in [5, 5.41) is 2.87. The Hall–Kier alpha value is -1.70. The Balaban J connectivity index is 1.75. The van der Waals surface area contributed by atoms with Gasteiger partial charge in [-0.25, -0.2) is 8.42 Å². The first-order chi connectivity index (χ1) is 12.0. The highest BCUT2D eigenvalue weighted by atomic mass is 32.2. The highest BCUT2D eigenvalue weighted by molar-refractivity contribution is 7.89. The van der Waals surface area contributed by atoms with Crippen LogP contribution in [0.1, 0.15) is 24.8 Å². The zero-order chi connectivity index (χ0) is 17.9. The van der Waals surface area contributed by atoms with Gasteiger partial charge in [-0.3, -0.25) is 4.79 Å². The third kappa shape index (κ3) is 4.29. The average Bonchev–Trinajstić information content (AvgIpc) is 3.10. The van der Waals surface area contributed by atoms with Gasteiger partial charge in [0.15, 0.2) is 0 Å². The highest BCUT2D eigenvalue weighted by Gasteiger charge is 2.27. The summed E-state index contributed by atoms with van der Waals surface area (Å²) in [6.45, 7) is 3.38. The molecule has 2 aliphatic rings. The summed E-state index contributed by atoms with van der Waals surface area (Å²) in [4.78, 5) is 12.5. The monoisotopic (exact) mass is 364 g/mol. The van der Waals surface area contributed by atoms with Crippen LogP contribution in [0.4, 0.5) is 5.69 Å². The smallest absolute Gasteiger partial charge is 0.243 e. The lowest BCUT2D eigenvalue weighted by molar-refractivity contribution is -0.116. The van der Waals surface area contributed by atoms with E-state index < -0.39 is 10.0 Å². The molecule has 0 radical (unpaired) electrons. The molecule has 1 saturated heterocycles. The van der Waals surface area contributed by atoms with E-state index in [4.69, 9.17) is 4.74 Å². The number of anilines is 1. The van der Waals surface area contributed by atoms with Crippen LogP contribution in [0.25, 0.3) is 0 Å². The third-order valence-corrected chi connectivity index (χ3v) is 6.55. The van der Waals surface area contributed by atoms with Gasteiger partial charge in [0.05, 0.1) is 18.1 Å². The number of amides is 1. The van der Waals surface area contributed by atoms with E-state index in [2.05, 4.69) is 17.5 Å². The number of nitrogens with zero attached hydrogens (tertiary/aromatic N) is 1. The summed E-state index contributed by atoms with van der Waals surface area (Å²) in [6, 6.07) is 4.89. The van der Waals surface area contributed by atoms with E-state index in [9.17, 15) is 13.2 Å². The predicted molar refractivity (Wildman–Crippen MR) is 95.9 cm³/mol. The number of ether oxygens (including phenoxy) is 1. The Morgan fingerprint density at radius 2 is 2.08 bits per heavy atom. The molecule has 1 unspecified atom stereocenters. The van der Waals surface area contributed by atoms with Gasteiger partial charge in [-0.2, -0.15) is 4.31 Å². The molecular formula is C18H24N2O4S. The van der Waals surface area contributed by atoms with Gasteiger partial charge < -0.3 is 10.1 Å². The molecule has 0 aromatic heterocycles. The van der Waals surface area contributed by atoms with Gasteiger partial charge in [0.25, 0.3) is 0 Å². The van der Waals surface area contributed by atoms with Gasteiger partial charge in [-0.05, 0) is 43.4 Å². The molecule has 1 atom stereocenters. The minimum absolute atomic E-state index is 0.0828. The molecule has 6 nitrogen and oxygen atoms in total. The van der Waals surface area contributed by atoms with Crippen LogP contribution >= 0.6 is 0 Å². The van der Waals surface area contributed by atoms with Gasteiger partial charge in [-0.15, -0.1) is 0 Å². The van der Waals surface area contributed by atoms with Crippen molar-refractivity contribution >= 4 is 21.6 Å². The number of sulfonamides is 1. The van der Waals surface area contributed by atoms with Crippen LogP contribution in [0.15, 0.2) is 35.2 Å². The van der Waals surface area contributed by atoms with Crippen LogP contribution < -0.4 is 5.32 Å². The molecule has 1 aromatic rings. The van der Waals surface area contributed by atoms with Crippen molar-refractivity contribution < 1.29 is 17.9 Å². The van der Waals surface area contributed by atoms with E-state index in [1.165, 1.54) is 4.31 Å². The van der Waals surface area contributed by atoms with Crippen LogP contribution in [0.2, 0.25) is 0 Å². The first-order valence-corrected chi connectivity index (χ1v) is 10.1. The van der Waals surface area contributed by atoms with Crippen molar-refractivity contribution in [1.82, 2.24) is 4.31 Å². The SMILES string of the molecule is Cc1ccc(S(=O)(=O)N2CCOCC2)cc1NC(=O)CC1C=CCC1. The lowest BCUT2D eigenvalue weighted by Gasteiger charge is -2.26. The Labute approximate surface area is 148 Å². The van der Waals surface area contributed by atoms with E-state index in [0.717, 1.165) is 18.4 Å². The van der Waals surface area contributed by atoms with Crippen LogP contribution in [0.5, 0.6) is 0 Å². The summed E-state index contributed by atoms with van der Waals surface area (Å²) < 4.78 is 32.2. The lowest BCUT2D eigenvalue weighted by Crippen LogP contribution is -2.40. The van der Waals surface area contributed by atoms with Gasteiger partial charge in [0, 0.05) is 25.2 Å². The summed E-state index contributed by atoms with van der Waals surface area (Å²) in [5.74, 6) is 0.196. The number of rotatable bonds is 5. The van der Waals surface area contributed by atoms with Crippen molar-refractivity contribution in [1.29, 1.82) is 0 Å². The van der Waals surface area contributed by atoms with Crippen molar-refractivity contribution in [2.75, 3.05) is 31.6 Å². The van der Waals surface area contributed by atoms with Crippen LogP contribution in [0.3, 0.4) is 0 Å². The first-order valence-electron chi connectivity index (χ1n) is 8.62. The molecule has 1 aliphatic carbocycles. The number of allylic oxidation sites excluding steroid dienone is 2. The zero-order valence-corrected chi connectivity index (χ0v) is 15.2. The second-order valence-corrected chi connectivity index (χ2v) is 8.45. The second kappa shape index (κ2) is 7.68. The Morgan fingerprint density at radius 3 is 2.76 bits per heavy atom. The molecular weight excluding hydrogens is 340 g/mol. The van der Waals surface area contributed by atoms with Gasteiger partial charge in [0.2, 0.25) is 15.9 Å². The van der Waals surface area contributed by atoms with Crippen LogP contribution in [-0.4, -0.2) is 44.9 Å². The van der Waals surface area contributed by atoms with Crippen molar-refractivity contribution in [2.45, 2.75) is 31.1 Å². The quantitative estimate of drug-likeness (QED) is 0.814. The van der Waals surface area contributed by atoms with Gasteiger partial charge >= 0.3 is 0 Å². The Morgan fingerprint density at radius 1 is 1.32 bits per heavy atom. The van der Waals surface area contributed by atoms with Crippen molar-refractivity contribution in [3.05, 3.63) is 35.9 Å². The number of carbonyl (C=O) groups is 1. The zero-order valence-electron chi connectivity index (χ0n) is 14.4. The van der Waals surface area contributed by atoms with Crippen molar-refractivity contribution in [3.8, 4) is 0 Å². The number of aryl methyl sites for hydroxylation is 1. The standard InChI is InChI=1S/C18H24N2O4S/c1-14-6-7-16(25(22,23)20-8-10-24-11-9-20)13-17(14)19-18(21)12-15-4-2-3-5-15/h2,4,6-7,13,15H,3,5,8-12H2,1H3,(H,19,21). The lowest BCUT2D eigenvalue weighted by atomic mass is 10.0. The molecule has 1 aromatic carbocycles. The Bertz CT molecular complexity index is 767. The maximum atomic E-state index is 12.8. The van der Waals surface area contributed by atoms with Crippen molar-refractivity contribution in [2.24, 2.45) is 5.92 Å². The molecule has 7 heteroatoms. The predicted octanol–water partition coefficient (Wildman–Crippen LogP) is 2.31. The van der Waals surface area contributed by atoms with Gasteiger partial charge in [-0.1, -0.05) is 18.2 Å². The number of hydrogen-bond acceptors (Lipinski definition) is 4. The van der Waals surface area contributed by atoms with E-state index in [-0.39, 0.29) is 16.7 Å². The normalized spacial score (nSPS) is 21.4. The maximum absolute atomic E-state index is 12.8. The van der Waals surface area contributed by atoms with Crippen molar-refractivity contribution in [3.63, 3.8) is 0 Å². The minimum atomic E-state index is -3.57. The van der Waals surface area contributed by atoms with E-state index in [1.807, 2.05) is 6.92 Å². The van der Waals surface area contributed by atoms with E-state index in [0.29, 0.717) is 38.4 Å². The summed E-state index contributed by atoms with van der Waals surface area (Å²) in [6.07, 6.45) is 6.61. The molecule has 0 spiro atoms. The summed E-state index contributed by atoms with van der Waals surface area (Å²) in [7, 11) is -3.57. The Kier molecular flexibility index (Phi) is 5.56. The molecule has 1 amide bonds. The fourth-order valence-corrected chi connectivity index (χ4v) is 4.57. The van der Waals surface area contributed by atoms with Crippen LogP contribution in [0, 0.1) is 12.8 Å². The number of hydrogen-bond donors (Lipinski definition) is 1. The molecule has 0 bridgehead atoms. The largest absolute Gasteiger partial charge is 0.379 e. The summed E-state index contributed by atoms with van der Waals surface area (Å²) in [5.41, 5.74) is 1.40. The fraction of sp³-hybridized carbons (Fsp3) is 0.500. The fourth-order valence-electron chi connectivity index (χ4n) is 3.14. The molecule has 1 aliphatic heterocycles. The number of nitrogens with one attached hydrogen (secondary N) is 1. The summed E-state index contributed by atoms with van der Waals surface area (Å²) >= 11 is 0. The number of morpholine rings is 1. The average molecular weight is 364 g/mol. The molecule has 25 heavy (non-hydrogen) atoms. The van der Waals surface area contributed by atoms with E-state index >= 15 is 0 Å². The third-order valence-electron chi connectivity index (χ3n) is 4.65. The maximum Gasteiger partial charge on any atom is 0.243 e. The van der Waals surface area contributed by atoms with Crippen LogP contribution in [-0.2, 0) is 19.6 Å². The molecule has 0 saturated carbocycles. The topological polar surface area (TPSA) is 75.7 Å². The molecule has 3 rings (SSSR count). The second-order valence-electron chi connectivity index (χ2n) is 6.51. The van der Waals surface area contributed by atoms with E-state index in [1.54, 1.807) is 18.2 Å². The molecule has 1 fully saturated rings. The molecule has 1 heterocycles. The molecule has 1 N–H and O–H groups in total. The first kappa shape index (κ1) is 18.1. The van der Waals surface area contributed by atoms with Gasteiger partial charge in [0.1, 0.15) is 0 Å².